The summed E-state index contributed by atoms with van der Waals surface area (Å²) in [4.78, 5) is 25.1. The molecular formula is C18H16F2N2O4S. The van der Waals surface area contributed by atoms with Crippen LogP contribution in [-0.4, -0.2) is 49.1 Å². The third kappa shape index (κ3) is 4.04. The van der Waals surface area contributed by atoms with Crippen molar-refractivity contribution in [3.63, 3.8) is 0 Å². The van der Waals surface area contributed by atoms with Gasteiger partial charge in [-0.2, -0.15) is 4.31 Å². The number of carbonyl (C=O) groups is 2. The van der Waals surface area contributed by atoms with Gasteiger partial charge in [0.1, 0.15) is 0 Å². The lowest BCUT2D eigenvalue weighted by Gasteiger charge is -2.32. The van der Waals surface area contributed by atoms with Gasteiger partial charge in [-0.15, -0.1) is 0 Å². The molecule has 0 N–H and O–H groups in total. The Bertz CT molecular complexity index is 962. The number of imide groups is 1. The molecular weight excluding hydrogens is 378 g/mol. The standard InChI is InChI=1S/C18H16F2N2O4S/c19-15-7-6-14(10-16(15)20)27(25,26)21-11-17(23)22(18(24)12-21)9-8-13-4-2-1-3-5-13/h1-7,10H,8-9,11-12H2. The van der Waals surface area contributed by atoms with Gasteiger partial charge in [0.15, 0.2) is 11.6 Å². The second-order valence-electron chi connectivity index (χ2n) is 6.02. The third-order valence-corrected chi connectivity index (χ3v) is 6.01. The monoisotopic (exact) mass is 394 g/mol. The molecule has 0 bridgehead atoms. The molecule has 2 aromatic carbocycles. The Balaban J connectivity index is 1.73. The van der Waals surface area contributed by atoms with Crippen LogP contribution in [0.15, 0.2) is 53.4 Å². The zero-order valence-electron chi connectivity index (χ0n) is 14.1. The highest BCUT2D eigenvalue weighted by Gasteiger charge is 2.37. The van der Waals surface area contributed by atoms with E-state index in [1.807, 2.05) is 30.3 Å². The van der Waals surface area contributed by atoms with E-state index in [4.69, 9.17) is 0 Å². The molecule has 27 heavy (non-hydrogen) atoms. The van der Waals surface area contributed by atoms with Gasteiger partial charge in [0.2, 0.25) is 21.8 Å². The predicted molar refractivity (Wildman–Crippen MR) is 92.0 cm³/mol. The third-order valence-electron chi connectivity index (χ3n) is 4.22. The molecule has 1 aliphatic heterocycles. The minimum Gasteiger partial charge on any atom is -0.280 e. The first-order valence-electron chi connectivity index (χ1n) is 8.11. The molecule has 1 saturated heterocycles. The summed E-state index contributed by atoms with van der Waals surface area (Å²) in [5.41, 5.74) is 0.940. The lowest BCUT2D eigenvalue weighted by atomic mass is 10.1. The number of carbonyl (C=O) groups excluding carboxylic acids is 2. The Labute approximate surface area is 155 Å². The van der Waals surface area contributed by atoms with Gasteiger partial charge in [-0.3, -0.25) is 14.5 Å². The van der Waals surface area contributed by atoms with Crippen molar-refractivity contribution in [2.24, 2.45) is 0 Å². The van der Waals surface area contributed by atoms with Gasteiger partial charge in [0.25, 0.3) is 0 Å². The molecule has 2 aromatic rings. The number of sulfonamides is 1. The van der Waals surface area contributed by atoms with Crippen LogP contribution in [0, 0.1) is 11.6 Å². The van der Waals surface area contributed by atoms with Gasteiger partial charge < -0.3 is 0 Å². The number of piperazine rings is 1. The van der Waals surface area contributed by atoms with Crippen molar-refractivity contribution < 1.29 is 26.8 Å². The molecule has 0 aliphatic carbocycles. The van der Waals surface area contributed by atoms with E-state index in [9.17, 15) is 26.8 Å². The van der Waals surface area contributed by atoms with Crippen LogP contribution in [-0.2, 0) is 26.0 Å². The predicted octanol–water partition coefficient (Wildman–Crippen LogP) is 1.57. The first-order chi connectivity index (χ1) is 12.8. The van der Waals surface area contributed by atoms with Crippen molar-refractivity contribution in [2.45, 2.75) is 11.3 Å². The number of halogens is 2. The van der Waals surface area contributed by atoms with Crippen molar-refractivity contribution in [1.29, 1.82) is 0 Å². The molecule has 0 saturated carbocycles. The Morgan fingerprint density at radius 1 is 0.889 bits per heavy atom. The fourth-order valence-electron chi connectivity index (χ4n) is 2.76. The van der Waals surface area contributed by atoms with E-state index in [0.29, 0.717) is 22.9 Å². The Hall–Kier alpha value is -2.65. The maximum Gasteiger partial charge on any atom is 0.244 e. The van der Waals surface area contributed by atoms with Crippen LogP contribution < -0.4 is 0 Å². The number of hydrogen-bond donors (Lipinski definition) is 0. The number of rotatable bonds is 5. The molecule has 0 unspecified atom stereocenters. The molecule has 6 nitrogen and oxygen atoms in total. The zero-order valence-corrected chi connectivity index (χ0v) is 15.0. The van der Waals surface area contributed by atoms with Crippen molar-refractivity contribution in [2.75, 3.05) is 19.6 Å². The Kier molecular flexibility index (Phi) is 5.33. The van der Waals surface area contributed by atoms with Gasteiger partial charge >= 0.3 is 0 Å². The number of benzene rings is 2. The SMILES string of the molecule is O=C1CN(S(=O)(=O)c2ccc(F)c(F)c2)CC(=O)N1CCc1ccccc1. The molecule has 0 atom stereocenters. The summed E-state index contributed by atoms with van der Waals surface area (Å²) in [5, 5.41) is 0. The van der Waals surface area contributed by atoms with Crippen molar-refractivity contribution >= 4 is 21.8 Å². The molecule has 3 rings (SSSR count). The lowest BCUT2D eigenvalue weighted by molar-refractivity contribution is -0.149. The van der Waals surface area contributed by atoms with Crippen LogP contribution in [0.3, 0.4) is 0 Å². The fraction of sp³-hybridized carbons (Fsp3) is 0.222. The molecule has 142 valence electrons. The van der Waals surface area contributed by atoms with E-state index in [1.54, 1.807) is 0 Å². The average molecular weight is 394 g/mol. The quantitative estimate of drug-likeness (QED) is 0.722. The smallest absolute Gasteiger partial charge is 0.244 e. The summed E-state index contributed by atoms with van der Waals surface area (Å²) in [6, 6.07) is 11.4. The second kappa shape index (κ2) is 7.53. The molecule has 1 aliphatic rings. The van der Waals surface area contributed by atoms with Crippen LogP contribution >= 0.6 is 0 Å². The van der Waals surface area contributed by atoms with Crippen LogP contribution in [0.1, 0.15) is 5.56 Å². The molecule has 2 amide bonds. The minimum absolute atomic E-state index is 0.140. The van der Waals surface area contributed by atoms with Crippen LogP contribution in [0.4, 0.5) is 8.78 Å². The highest BCUT2D eigenvalue weighted by Crippen LogP contribution is 2.21. The second-order valence-corrected chi connectivity index (χ2v) is 7.96. The van der Waals surface area contributed by atoms with E-state index in [-0.39, 0.29) is 6.54 Å². The average Bonchev–Trinajstić information content (AvgIpc) is 2.64. The lowest BCUT2D eigenvalue weighted by Crippen LogP contribution is -2.55. The van der Waals surface area contributed by atoms with Gasteiger partial charge in [-0.25, -0.2) is 17.2 Å². The van der Waals surface area contributed by atoms with E-state index < -0.39 is 51.5 Å². The number of amides is 2. The highest BCUT2D eigenvalue weighted by molar-refractivity contribution is 7.89. The normalized spacial score (nSPS) is 16.0. The first kappa shape index (κ1) is 19.1. The largest absolute Gasteiger partial charge is 0.280 e. The maximum atomic E-state index is 13.4. The Morgan fingerprint density at radius 3 is 2.11 bits per heavy atom. The highest BCUT2D eigenvalue weighted by atomic mass is 32.2. The van der Waals surface area contributed by atoms with Crippen LogP contribution in [0.25, 0.3) is 0 Å². The molecule has 9 heteroatoms. The van der Waals surface area contributed by atoms with Crippen LogP contribution in [0.5, 0.6) is 0 Å². The van der Waals surface area contributed by atoms with Gasteiger partial charge in [-0.05, 0) is 30.2 Å². The van der Waals surface area contributed by atoms with E-state index >= 15 is 0 Å². The van der Waals surface area contributed by atoms with Gasteiger partial charge in [0, 0.05) is 6.54 Å². The molecule has 1 heterocycles. The number of hydrogen-bond acceptors (Lipinski definition) is 4. The molecule has 1 fully saturated rings. The van der Waals surface area contributed by atoms with Crippen molar-refractivity contribution in [3.05, 3.63) is 65.7 Å². The van der Waals surface area contributed by atoms with Crippen LogP contribution in [0.2, 0.25) is 0 Å². The maximum absolute atomic E-state index is 13.4. The minimum atomic E-state index is -4.30. The first-order valence-corrected chi connectivity index (χ1v) is 9.55. The Morgan fingerprint density at radius 2 is 1.52 bits per heavy atom. The van der Waals surface area contributed by atoms with Crippen molar-refractivity contribution in [1.82, 2.24) is 9.21 Å². The molecule has 0 aromatic heterocycles. The number of nitrogens with zero attached hydrogens (tertiary/aromatic N) is 2. The summed E-state index contributed by atoms with van der Waals surface area (Å²) in [6.45, 7) is -0.940. The molecule has 0 radical (unpaired) electrons. The summed E-state index contributed by atoms with van der Waals surface area (Å²) in [5.74, 6) is -3.83. The van der Waals surface area contributed by atoms with Gasteiger partial charge in [-0.1, -0.05) is 30.3 Å². The molecule has 0 spiro atoms. The fourth-order valence-corrected chi connectivity index (χ4v) is 4.11. The van der Waals surface area contributed by atoms with Crippen molar-refractivity contribution in [3.8, 4) is 0 Å². The summed E-state index contributed by atoms with van der Waals surface area (Å²) in [6.07, 6.45) is 0.453. The van der Waals surface area contributed by atoms with E-state index in [0.717, 1.165) is 16.5 Å². The van der Waals surface area contributed by atoms with E-state index in [2.05, 4.69) is 0 Å². The summed E-state index contributed by atoms with van der Waals surface area (Å²) < 4.78 is 52.1. The van der Waals surface area contributed by atoms with E-state index in [1.165, 1.54) is 0 Å². The summed E-state index contributed by atoms with van der Waals surface area (Å²) in [7, 11) is -4.30. The van der Waals surface area contributed by atoms with Gasteiger partial charge in [0.05, 0.1) is 18.0 Å². The zero-order chi connectivity index (χ0) is 19.6. The summed E-state index contributed by atoms with van der Waals surface area (Å²) >= 11 is 0. The topological polar surface area (TPSA) is 74.8 Å².